The number of benzene rings is 1. The van der Waals surface area contributed by atoms with Crippen LogP contribution in [0.2, 0.25) is 0 Å². The van der Waals surface area contributed by atoms with E-state index < -0.39 is 10.0 Å². The minimum atomic E-state index is -3.36. The second-order valence-electron chi connectivity index (χ2n) is 6.27. The summed E-state index contributed by atoms with van der Waals surface area (Å²) in [5, 5.41) is 0. The zero-order chi connectivity index (χ0) is 16.3. The summed E-state index contributed by atoms with van der Waals surface area (Å²) >= 11 is 0. The van der Waals surface area contributed by atoms with Gasteiger partial charge in [-0.1, -0.05) is 30.3 Å². The van der Waals surface area contributed by atoms with Gasteiger partial charge in [-0.05, 0) is 30.2 Å². The van der Waals surface area contributed by atoms with E-state index in [9.17, 15) is 13.2 Å². The van der Waals surface area contributed by atoms with Crippen molar-refractivity contribution in [3.05, 3.63) is 35.9 Å². The molecule has 5 nitrogen and oxygen atoms in total. The molecule has 1 aromatic rings. The van der Waals surface area contributed by atoms with E-state index in [0.29, 0.717) is 5.92 Å². The molecular weight excluding hydrogens is 300 g/mol. The molecule has 1 fully saturated rings. The molecule has 1 aliphatic carbocycles. The average molecular weight is 324 g/mol. The molecular formula is C16H24N2O3S. The van der Waals surface area contributed by atoms with Crippen molar-refractivity contribution >= 4 is 15.9 Å². The van der Waals surface area contributed by atoms with Crippen LogP contribution in [0.25, 0.3) is 0 Å². The van der Waals surface area contributed by atoms with E-state index in [-0.39, 0.29) is 24.1 Å². The fraction of sp³-hybridized carbons (Fsp3) is 0.562. The Morgan fingerprint density at radius 1 is 1.14 bits per heavy atom. The van der Waals surface area contributed by atoms with Crippen LogP contribution in [0.1, 0.15) is 12.0 Å². The van der Waals surface area contributed by atoms with Crippen LogP contribution in [0.5, 0.6) is 0 Å². The topological polar surface area (TPSA) is 57.7 Å². The van der Waals surface area contributed by atoms with E-state index in [1.807, 2.05) is 18.2 Å². The summed E-state index contributed by atoms with van der Waals surface area (Å²) in [6.45, 7) is -0.0919. The van der Waals surface area contributed by atoms with Crippen LogP contribution in [0.3, 0.4) is 0 Å². The zero-order valence-corrected chi connectivity index (χ0v) is 14.2. The fourth-order valence-corrected chi connectivity index (χ4v) is 4.02. The molecule has 0 bridgehead atoms. The Morgan fingerprint density at radius 2 is 1.77 bits per heavy atom. The summed E-state index contributed by atoms with van der Waals surface area (Å²) in [7, 11) is 1.36. The summed E-state index contributed by atoms with van der Waals surface area (Å²) in [5.74, 6) is 0.585. The molecule has 0 saturated heterocycles. The molecule has 1 amide bonds. The molecule has 2 unspecified atom stereocenters. The first-order chi connectivity index (χ1) is 10.3. The van der Waals surface area contributed by atoms with Gasteiger partial charge in [0.1, 0.15) is 0 Å². The number of rotatable bonds is 7. The summed E-state index contributed by atoms with van der Waals surface area (Å²) in [5.41, 5.74) is 1.25. The Labute approximate surface area is 133 Å². The van der Waals surface area contributed by atoms with Gasteiger partial charge in [0.05, 0.1) is 12.3 Å². The standard InChI is InChI=1S/C16H24N2O3S/c1-17(2)16(19)11-18(3)22(20,21)12-15-10-14(15)9-13-7-5-4-6-8-13/h4-8,14-15H,9-12H2,1-3H3. The minimum absolute atomic E-state index is 0.0919. The predicted octanol–water partition coefficient (Wildman–Crippen LogP) is 1.22. The minimum Gasteiger partial charge on any atom is -0.348 e. The number of nitrogens with zero attached hydrogens (tertiary/aromatic N) is 2. The Morgan fingerprint density at radius 3 is 2.36 bits per heavy atom. The normalized spacial score (nSPS) is 20.9. The van der Waals surface area contributed by atoms with Gasteiger partial charge < -0.3 is 4.90 Å². The second-order valence-corrected chi connectivity index (χ2v) is 8.39. The van der Waals surface area contributed by atoms with Crippen molar-refractivity contribution in [1.82, 2.24) is 9.21 Å². The number of hydrogen-bond donors (Lipinski definition) is 0. The quantitative estimate of drug-likeness (QED) is 0.758. The molecule has 1 aliphatic rings. The summed E-state index contributed by atoms with van der Waals surface area (Å²) in [6, 6.07) is 10.1. The van der Waals surface area contributed by atoms with Crippen LogP contribution in [-0.4, -0.2) is 57.0 Å². The molecule has 1 saturated carbocycles. The molecule has 0 spiro atoms. The van der Waals surface area contributed by atoms with Crippen LogP contribution >= 0.6 is 0 Å². The molecule has 2 rings (SSSR count). The number of sulfonamides is 1. The zero-order valence-electron chi connectivity index (χ0n) is 13.4. The first kappa shape index (κ1) is 17.0. The third-order valence-electron chi connectivity index (χ3n) is 4.17. The molecule has 0 N–H and O–H groups in total. The van der Waals surface area contributed by atoms with Crippen LogP contribution < -0.4 is 0 Å². The smallest absolute Gasteiger partial charge is 0.237 e. The number of carbonyl (C=O) groups excluding carboxylic acids is 1. The van der Waals surface area contributed by atoms with Crippen molar-refractivity contribution in [1.29, 1.82) is 0 Å². The lowest BCUT2D eigenvalue weighted by Gasteiger charge is -2.19. The molecule has 0 aliphatic heterocycles. The third-order valence-corrected chi connectivity index (χ3v) is 6.09. The van der Waals surface area contributed by atoms with Gasteiger partial charge in [0.2, 0.25) is 15.9 Å². The van der Waals surface area contributed by atoms with Crippen LogP contribution in [0.4, 0.5) is 0 Å². The van der Waals surface area contributed by atoms with Crippen molar-refractivity contribution in [2.45, 2.75) is 12.8 Å². The molecule has 2 atom stereocenters. The first-order valence-electron chi connectivity index (χ1n) is 7.47. The van der Waals surface area contributed by atoms with Gasteiger partial charge in [-0.3, -0.25) is 4.79 Å². The second kappa shape index (κ2) is 6.79. The molecule has 1 aromatic carbocycles. The number of carbonyl (C=O) groups is 1. The van der Waals surface area contributed by atoms with Crippen molar-refractivity contribution < 1.29 is 13.2 Å². The summed E-state index contributed by atoms with van der Waals surface area (Å²) in [6.07, 6.45) is 1.88. The number of likely N-dealkylation sites (N-methyl/N-ethyl adjacent to an activating group) is 2. The Balaban J connectivity index is 1.84. The lowest BCUT2D eigenvalue weighted by molar-refractivity contribution is -0.128. The highest BCUT2D eigenvalue weighted by Gasteiger charge is 2.41. The monoisotopic (exact) mass is 324 g/mol. The predicted molar refractivity (Wildman–Crippen MR) is 86.9 cm³/mol. The maximum atomic E-state index is 12.3. The van der Waals surface area contributed by atoms with Crippen LogP contribution in [0, 0.1) is 11.8 Å². The summed E-state index contributed by atoms with van der Waals surface area (Å²) < 4.78 is 25.8. The molecule has 0 aromatic heterocycles. The van der Waals surface area contributed by atoms with Gasteiger partial charge in [-0.2, -0.15) is 4.31 Å². The largest absolute Gasteiger partial charge is 0.348 e. The van der Waals surface area contributed by atoms with Crippen molar-refractivity contribution in [2.75, 3.05) is 33.4 Å². The Kier molecular flexibility index (Phi) is 5.24. The molecule has 122 valence electrons. The average Bonchev–Trinajstić information content (AvgIpc) is 3.16. The van der Waals surface area contributed by atoms with Crippen molar-refractivity contribution in [2.24, 2.45) is 11.8 Å². The van der Waals surface area contributed by atoms with Gasteiger partial charge in [0.25, 0.3) is 0 Å². The lowest BCUT2D eigenvalue weighted by Crippen LogP contribution is -2.39. The van der Waals surface area contributed by atoms with Crippen LogP contribution in [0.15, 0.2) is 30.3 Å². The summed E-state index contributed by atoms with van der Waals surface area (Å²) in [4.78, 5) is 13.0. The maximum Gasteiger partial charge on any atom is 0.237 e. The Bertz CT molecular complexity index is 614. The molecule has 22 heavy (non-hydrogen) atoms. The highest BCUT2D eigenvalue weighted by Crippen LogP contribution is 2.42. The SMILES string of the molecule is CN(C)C(=O)CN(C)S(=O)(=O)CC1CC1Cc1ccccc1. The van der Waals surface area contributed by atoms with E-state index in [1.54, 1.807) is 14.1 Å². The van der Waals surface area contributed by atoms with E-state index in [4.69, 9.17) is 0 Å². The van der Waals surface area contributed by atoms with Crippen molar-refractivity contribution in [3.8, 4) is 0 Å². The van der Waals surface area contributed by atoms with Gasteiger partial charge in [0, 0.05) is 21.1 Å². The highest BCUT2D eigenvalue weighted by molar-refractivity contribution is 7.89. The van der Waals surface area contributed by atoms with Crippen LogP contribution in [-0.2, 0) is 21.2 Å². The number of amides is 1. The maximum absolute atomic E-state index is 12.3. The molecule has 6 heteroatoms. The van der Waals surface area contributed by atoms with E-state index in [0.717, 1.165) is 12.8 Å². The fourth-order valence-electron chi connectivity index (χ4n) is 2.51. The van der Waals surface area contributed by atoms with E-state index in [2.05, 4.69) is 12.1 Å². The Hall–Kier alpha value is -1.40. The number of hydrogen-bond acceptors (Lipinski definition) is 3. The third kappa shape index (κ3) is 4.55. The lowest BCUT2D eigenvalue weighted by atomic mass is 10.1. The van der Waals surface area contributed by atoms with Gasteiger partial charge >= 0.3 is 0 Å². The highest BCUT2D eigenvalue weighted by atomic mass is 32.2. The van der Waals surface area contributed by atoms with Crippen molar-refractivity contribution in [3.63, 3.8) is 0 Å². The van der Waals surface area contributed by atoms with Gasteiger partial charge in [-0.15, -0.1) is 0 Å². The molecule has 0 radical (unpaired) electrons. The van der Waals surface area contributed by atoms with E-state index >= 15 is 0 Å². The van der Waals surface area contributed by atoms with Gasteiger partial charge in [-0.25, -0.2) is 8.42 Å². The van der Waals surface area contributed by atoms with Gasteiger partial charge in [0.15, 0.2) is 0 Å². The first-order valence-corrected chi connectivity index (χ1v) is 9.08. The molecule has 0 heterocycles. The van der Waals surface area contributed by atoms with E-state index in [1.165, 1.54) is 21.8 Å².